The molecule has 0 N–H and O–H groups in total. The molecule has 1 aromatic heterocycles. The summed E-state index contributed by atoms with van der Waals surface area (Å²) < 4.78 is 6.85. The summed E-state index contributed by atoms with van der Waals surface area (Å²) >= 11 is 1.55. The van der Waals surface area contributed by atoms with Gasteiger partial charge in [-0.05, 0) is 17.7 Å². The number of benzene rings is 2. The van der Waals surface area contributed by atoms with Crippen LogP contribution in [0.3, 0.4) is 0 Å². The van der Waals surface area contributed by atoms with E-state index in [-0.39, 0.29) is 5.56 Å². The van der Waals surface area contributed by atoms with Crippen LogP contribution in [0.25, 0.3) is 10.9 Å². The van der Waals surface area contributed by atoms with Gasteiger partial charge in [0.1, 0.15) is 0 Å². The SMILES string of the molecule is COCCSc1nc2ccccc2c(=O)n1Cc1ccccc1. The quantitative estimate of drug-likeness (QED) is 0.396. The Morgan fingerprint density at radius 3 is 2.61 bits per heavy atom. The molecule has 2 aromatic carbocycles. The van der Waals surface area contributed by atoms with Crippen LogP contribution in [0.2, 0.25) is 0 Å². The molecule has 118 valence electrons. The lowest BCUT2D eigenvalue weighted by molar-refractivity contribution is 0.218. The number of thioether (sulfide) groups is 1. The minimum Gasteiger partial charge on any atom is -0.384 e. The van der Waals surface area contributed by atoms with Crippen molar-refractivity contribution in [3.05, 3.63) is 70.5 Å². The largest absolute Gasteiger partial charge is 0.384 e. The van der Waals surface area contributed by atoms with Crippen LogP contribution in [0.15, 0.2) is 64.5 Å². The van der Waals surface area contributed by atoms with Crippen molar-refractivity contribution >= 4 is 22.7 Å². The van der Waals surface area contributed by atoms with E-state index in [0.717, 1.165) is 22.0 Å². The molecule has 23 heavy (non-hydrogen) atoms. The normalized spacial score (nSPS) is 11.0. The molecule has 0 atom stereocenters. The minimum absolute atomic E-state index is 0.000583. The number of hydrogen-bond acceptors (Lipinski definition) is 4. The molecule has 0 aliphatic rings. The Balaban J connectivity index is 2.06. The number of aromatic nitrogens is 2. The Bertz CT molecular complexity index is 847. The van der Waals surface area contributed by atoms with Crippen LogP contribution < -0.4 is 5.56 Å². The van der Waals surface area contributed by atoms with Gasteiger partial charge in [-0.25, -0.2) is 4.98 Å². The highest BCUT2D eigenvalue weighted by Crippen LogP contribution is 2.18. The highest BCUT2D eigenvalue weighted by atomic mass is 32.2. The zero-order chi connectivity index (χ0) is 16.1. The smallest absolute Gasteiger partial charge is 0.262 e. The van der Waals surface area contributed by atoms with Gasteiger partial charge in [-0.2, -0.15) is 0 Å². The zero-order valence-electron chi connectivity index (χ0n) is 12.9. The van der Waals surface area contributed by atoms with Gasteiger partial charge >= 0.3 is 0 Å². The third-order valence-electron chi connectivity index (χ3n) is 3.53. The van der Waals surface area contributed by atoms with Gasteiger partial charge in [0.15, 0.2) is 5.16 Å². The van der Waals surface area contributed by atoms with Crippen LogP contribution >= 0.6 is 11.8 Å². The number of hydrogen-bond donors (Lipinski definition) is 0. The fourth-order valence-electron chi connectivity index (χ4n) is 2.38. The summed E-state index contributed by atoms with van der Waals surface area (Å²) in [6, 6.07) is 17.4. The van der Waals surface area contributed by atoms with E-state index in [1.165, 1.54) is 0 Å². The number of methoxy groups -OCH3 is 1. The lowest BCUT2D eigenvalue weighted by Crippen LogP contribution is -2.24. The van der Waals surface area contributed by atoms with Gasteiger partial charge in [-0.1, -0.05) is 54.2 Å². The second-order valence-electron chi connectivity index (χ2n) is 5.13. The van der Waals surface area contributed by atoms with Gasteiger partial charge < -0.3 is 4.74 Å². The first-order chi connectivity index (χ1) is 11.3. The molecule has 0 spiro atoms. The average molecular weight is 326 g/mol. The summed E-state index contributed by atoms with van der Waals surface area (Å²) in [5, 5.41) is 1.38. The summed E-state index contributed by atoms with van der Waals surface area (Å²) in [5.74, 6) is 0.760. The molecule has 0 radical (unpaired) electrons. The number of fused-ring (bicyclic) bond motifs is 1. The summed E-state index contributed by atoms with van der Waals surface area (Å²) in [7, 11) is 1.67. The minimum atomic E-state index is -0.000583. The van der Waals surface area contributed by atoms with Crippen molar-refractivity contribution in [2.75, 3.05) is 19.5 Å². The molecule has 0 saturated heterocycles. The van der Waals surface area contributed by atoms with Crippen LogP contribution in [0.4, 0.5) is 0 Å². The molecule has 3 rings (SSSR count). The number of nitrogens with zero attached hydrogens (tertiary/aromatic N) is 2. The van der Waals surface area contributed by atoms with Crippen LogP contribution in [0.1, 0.15) is 5.56 Å². The van der Waals surface area contributed by atoms with Gasteiger partial charge in [0, 0.05) is 12.9 Å². The molecule has 0 aliphatic heterocycles. The average Bonchev–Trinajstić information content (AvgIpc) is 2.59. The topological polar surface area (TPSA) is 44.1 Å². The summed E-state index contributed by atoms with van der Waals surface area (Å²) in [5.41, 5.74) is 1.82. The lowest BCUT2D eigenvalue weighted by Gasteiger charge is -2.13. The monoisotopic (exact) mass is 326 g/mol. The van der Waals surface area contributed by atoms with Crippen LogP contribution in [-0.2, 0) is 11.3 Å². The predicted octanol–water partition coefficient (Wildman–Crippen LogP) is 3.18. The van der Waals surface area contributed by atoms with Gasteiger partial charge in [0.05, 0.1) is 24.1 Å². The first-order valence-electron chi connectivity index (χ1n) is 7.45. The van der Waals surface area contributed by atoms with Crippen molar-refractivity contribution in [2.45, 2.75) is 11.7 Å². The maximum absolute atomic E-state index is 12.9. The zero-order valence-corrected chi connectivity index (χ0v) is 13.8. The number of para-hydroxylation sites is 1. The maximum Gasteiger partial charge on any atom is 0.262 e. The van der Waals surface area contributed by atoms with E-state index in [4.69, 9.17) is 4.74 Å². The summed E-state index contributed by atoms with van der Waals surface area (Å²) in [6.45, 7) is 1.14. The van der Waals surface area contributed by atoms with Crippen molar-refractivity contribution in [1.29, 1.82) is 0 Å². The highest BCUT2D eigenvalue weighted by Gasteiger charge is 2.11. The Morgan fingerprint density at radius 2 is 1.83 bits per heavy atom. The van der Waals surface area contributed by atoms with E-state index < -0.39 is 0 Å². The molecule has 3 aromatic rings. The Labute approximate surface area is 139 Å². The van der Waals surface area contributed by atoms with Gasteiger partial charge in [-0.15, -0.1) is 0 Å². The Morgan fingerprint density at radius 1 is 1.09 bits per heavy atom. The van der Waals surface area contributed by atoms with Gasteiger partial charge in [0.2, 0.25) is 0 Å². The van der Waals surface area contributed by atoms with Crippen LogP contribution in [0.5, 0.6) is 0 Å². The molecule has 0 saturated carbocycles. The second kappa shape index (κ2) is 7.44. The molecule has 0 fully saturated rings. The lowest BCUT2D eigenvalue weighted by atomic mass is 10.2. The van der Waals surface area contributed by atoms with E-state index in [1.54, 1.807) is 23.4 Å². The van der Waals surface area contributed by atoms with Crippen molar-refractivity contribution in [2.24, 2.45) is 0 Å². The molecule has 0 bridgehead atoms. The van der Waals surface area contributed by atoms with E-state index in [2.05, 4.69) is 4.98 Å². The molecule has 0 aliphatic carbocycles. The Kier molecular flexibility index (Phi) is 5.10. The van der Waals surface area contributed by atoms with Gasteiger partial charge in [-0.3, -0.25) is 9.36 Å². The van der Waals surface area contributed by atoms with E-state index in [1.807, 2.05) is 54.6 Å². The molecule has 5 heteroatoms. The fourth-order valence-corrected chi connectivity index (χ4v) is 3.28. The first-order valence-corrected chi connectivity index (χ1v) is 8.43. The van der Waals surface area contributed by atoms with E-state index >= 15 is 0 Å². The fraction of sp³-hybridized carbons (Fsp3) is 0.222. The molecular formula is C18H18N2O2S. The van der Waals surface area contributed by atoms with Crippen LogP contribution in [0, 0.1) is 0 Å². The maximum atomic E-state index is 12.9. The molecule has 0 amide bonds. The number of ether oxygens (including phenoxy) is 1. The third-order valence-corrected chi connectivity index (χ3v) is 4.47. The first kappa shape index (κ1) is 15.8. The van der Waals surface area contributed by atoms with E-state index in [0.29, 0.717) is 18.5 Å². The highest BCUT2D eigenvalue weighted by molar-refractivity contribution is 7.99. The summed E-state index contributed by atoms with van der Waals surface area (Å²) in [6.07, 6.45) is 0. The van der Waals surface area contributed by atoms with E-state index in [9.17, 15) is 4.79 Å². The standard InChI is InChI=1S/C18H18N2O2S/c1-22-11-12-23-18-19-16-10-6-5-9-15(16)17(21)20(18)13-14-7-3-2-4-8-14/h2-10H,11-13H2,1H3. The molecular weight excluding hydrogens is 308 g/mol. The molecule has 0 unspecified atom stereocenters. The number of rotatable bonds is 6. The van der Waals surface area contributed by atoms with Crippen molar-refractivity contribution in [3.8, 4) is 0 Å². The van der Waals surface area contributed by atoms with Crippen LogP contribution in [-0.4, -0.2) is 29.0 Å². The van der Waals surface area contributed by atoms with Crippen molar-refractivity contribution < 1.29 is 4.74 Å². The summed E-state index contributed by atoms with van der Waals surface area (Å²) in [4.78, 5) is 17.5. The predicted molar refractivity (Wildman–Crippen MR) is 94.1 cm³/mol. The second-order valence-corrected chi connectivity index (χ2v) is 6.19. The van der Waals surface area contributed by atoms with Gasteiger partial charge in [0.25, 0.3) is 5.56 Å². The third kappa shape index (κ3) is 3.63. The Hall–Kier alpha value is -2.11. The van der Waals surface area contributed by atoms with Crippen molar-refractivity contribution in [3.63, 3.8) is 0 Å². The molecule has 4 nitrogen and oxygen atoms in total. The molecule has 1 heterocycles. The van der Waals surface area contributed by atoms with Crippen molar-refractivity contribution in [1.82, 2.24) is 9.55 Å².